The molecular weight excluding hydrogens is 182 g/mol. The molecule has 0 bridgehead atoms. The number of rotatable bonds is 4. The fraction of sp³-hybridized carbons (Fsp3) is 0.400. The van der Waals surface area contributed by atoms with Crippen molar-refractivity contribution in [3.63, 3.8) is 0 Å². The topological polar surface area (TPSA) is 59.2 Å². The lowest BCUT2D eigenvalue weighted by atomic mass is 10.3. The van der Waals surface area contributed by atoms with Crippen molar-refractivity contribution in [3.05, 3.63) is 34.2 Å². The van der Waals surface area contributed by atoms with E-state index in [1.165, 1.54) is 18.2 Å². The Morgan fingerprint density at radius 1 is 1.50 bits per heavy atom. The predicted molar refractivity (Wildman–Crippen MR) is 52.3 cm³/mol. The van der Waals surface area contributed by atoms with Gasteiger partial charge in [0.25, 0.3) is 0 Å². The van der Waals surface area contributed by atoms with Crippen LogP contribution in [-0.2, 0) is 4.74 Å². The first kappa shape index (κ1) is 10.5. The van der Waals surface area contributed by atoms with Crippen molar-refractivity contribution < 1.29 is 9.53 Å². The fourth-order valence-corrected chi connectivity index (χ4v) is 0.954. The van der Waals surface area contributed by atoms with Gasteiger partial charge in [-0.05, 0) is 12.5 Å². The van der Waals surface area contributed by atoms with Gasteiger partial charge in [-0.25, -0.2) is 4.79 Å². The van der Waals surface area contributed by atoms with Crippen molar-refractivity contribution in [2.75, 3.05) is 6.61 Å². The Morgan fingerprint density at radius 2 is 2.29 bits per heavy atom. The van der Waals surface area contributed by atoms with Gasteiger partial charge in [-0.15, -0.1) is 0 Å². The first-order valence-electron chi connectivity index (χ1n) is 4.60. The summed E-state index contributed by atoms with van der Waals surface area (Å²) in [6.45, 7) is 2.41. The summed E-state index contributed by atoms with van der Waals surface area (Å²) in [6, 6.07) is 4.40. The van der Waals surface area contributed by atoms with Gasteiger partial charge in [-0.1, -0.05) is 19.4 Å². The normalized spacial score (nSPS) is 9.79. The molecule has 0 saturated carbocycles. The quantitative estimate of drug-likeness (QED) is 0.582. The van der Waals surface area contributed by atoms with Crippen LogP contribution in [0.2, 0.25) is 0 Å². The molecule has 0 amide bonds. The molecule has 0 aromatic carbocycles. The zero-order chi connectivity index (χ0) is 10.4. The maximum atomic E-state index is 11.3. The molecule has 1 rings (SSSR count). The molecule has 4 heteroatoms. The SMILES string of the molecule is CCCCOC(=O)c1cccc(=O)[nH]1. The summed E-state index contributed by atoms with van der Waals surface area (Å²) in [5.74, 6) is -0.476. The van der Waals surface area contributed by atoms with Crippen LogP contribution in [0.25, 0.3) is 0 Å². The number of aromatic nitrogens is 1. The van der Waals surface area contributed by atoms with Crippen molar-refractivity contribution in [3.8, 4) is 0 Å². The van der Waals surface area contributed by atoms with Gasteiger partial charge >= 0.3 is 5.97 Å². The van der Waals surface area contributed by atoms with Crippen LogP contribution in [0.4, 0.5) is 0 Å². The molecule has 0 spiro atoms. The molecular formula is C10H13NO3. The number of unbranched alkanes of at least 4 members (excludes halogenated alkanes) is 1. The highest BCUT2D eigenvalue weighted by molar-refractivity contribution is 5.86. The standard InChI is InChI=1S/C10H13NO3/c1-2-3-7-14-10(13)8-5-4-6-9(12)11-8/h4-6H,2-3,7H2,1H3,(H,11,12). The van der Waals surface area contributed by atoms with Crippen LogP contribution in [0.1, 0.15) is 30.3 Å². The molecule has 14 heavy (non-hydrogen) atoms. The molecule has 1 heterocycles. The van der Waals surface area contributed by atoms with Crippen molar-refractivity contribution in [1.29, 1.82) is 0 Å². The van der Waals surface area contributed by atoms with Gasteiger partial charge < -0.3 is 9.72 Å². The van der Waals surface area contributed by atoms with E-state index in [9.17, 15) is 9.59 Å². The molecule has 76 valence electrons. The van der Waals surface area contributed by atoms with E-state index in [0.29, 0.717) is 6.61 Å². The van der Waals surface area contributed by atoms with Crippen LogP contribution in [0.3, 0.4) is 0 Å². The first-order valence-corrected chi connectivity index (χ1v) is 4.60. The number of ether oxygens (including phenoxy) is 1. The van der Waals surface area contributed by atoms with Crippen LogP contribution in [0, 0.1) is 0 Å². The summed E-state index contributed by atoms with van der Waals surface area (Å²) in [5.41, 5.74) is -0.0939. The smallest absolute Gasteiger partial charge is 0.354 e. The van der Waals surface area contributed by atoms with Gasteiger partial charge in [0.15, 0.2) is 0 Å². The minimum absolute atomic E-state index is 0.202. The van der Waals surface area contributed by atoms with E-state index >= 15 is 0 Å². The van der Waals surface area contributed by atoms with Crippen LogP contribution in [-0.4, -0.2) is 17.6 Å². The molecule has 4 nitrogen and oxygen atoms in total. The minimum atomic E-state index is -0.476. The number of aromatic amines is 1. The zero-order valence-corrected chi connectivity index (χ0v) is 8.08. The summed E-state index contributed by atoms with van der Waals surface area (Å²) in [7, 11) is 0. The second-order valence-corrected chi connectivity index (χ2v) is 2.92. The maximum Gasteiger partial charge on any atom is 0.354 e. The Hall–Kier alpha value is -1.58. The van der Waals surface area contributed by atoms with Crippen molar-refractivity contribution in [1.82, 2.24) is 4.98 Å². The molecule has 0 aliphatic rings. The average Bonchev–Trinajstić information content (AvgIpc) is 2.18. The highest BCUT2D eigenvalue weighted by Gasteiger charge is 2.06. The van der Waals surface area contributed by atoms with E-state index < -0.39 is 5.97 Å². The number of hydrogen-bond acceptors (Lipinski definition) is 3. The van der Waals surface area contributed by atoms with Gasteiger partial charge in [0.1, 0.15) is 5.69 Å². The lowest BCUT2D eigenvalue weighted by molar-refractivity contribution is 0.0492. The summed E-state index contributed by atoms with van der Waals surface area (Å²) in [6.07, 6.45) is 1.81. The number of carbonyl (C=O) groups is 1. The summed E-state index contributed by atoms with van der Waals surface area (Å²) < 4.78 is 4.91. The van der Waals surface area contributed by atoms with Gasteiger partial charge in [-0.3, -0.25) is 4.79 Å². The highest BCUT2D eigenvalue weighted by atomic mass is 16.5. The third-order valence-corrected chi connectivity index (χ3v) is 1.72. The second kappa shape index (κ2) is 5.21. The average molecular weight is 195 g/mol. The van der Waals surface area contributed by atoms with E-state index in [-0.39, 0.29) is 11.3 Å². The monoisotopic (exact) mass is 195 g/mol. The zero-order valence-electron chi connectivity index (χ0n) is 8.08. The van der Waals surface area contributed by atoms with Gasteiger partial charge in [-0.2, -0.15) is 0 Å². The van der Waals surface area contributed by atoms with Gasteiger partial charge in [0.05, 0.1) is 6.61 Å². The summed E-state index contributed by atoms with van der Waals surface area (Å²) >= 11 is 0. The minimum Gasteiger partial charge on any atom is -0.461 e. The van der Waals surface area contributed by atoms with E-state index in [1.54, 1.807) is 0 Å². The predicted octanol–water partition coefficient (Wildman–Crippen LogP) is 1.33. The first-order chi connectivity index (χ1) is 6.74. The second-order valence-electron chi connectivity index (χ2n) is 2.92. The van der Waals surface area contributed by atoms with Crippen LogP contribution < -0.4 is 5.56 Å². The maximum absolute atomic E-state index is 11.3. The molecule has 0 radical (unpaired) electrons. The molecule has 0 unspecified atom stereocenters. The Kier molecular flexibility index (Phi) is 3.91. The van der Waals surface area contributed by atoms with Crippen molar-refractivity contribution >= 4 is 5.97 Å². The van der Waals surface area contributed by atoms with Gasteiger partial charge in [0.2, 0.25) is 5.56 Å². The number of carbonyl (C=O) groups excluding carboxylic acids is 1. The van der Waals surface area contributed by atoms with E-state index in [1.807, 2.05) is 6.92 Å². The number of nitrogens with one attached hydrogen (secondary N) is 1. The summed E-state index contributed by atoms with van der Waals surface area (Å²) in [5, 5.41) is 0. The fourth-order valence-electron chi connectivity index (χ4n) is 0.954. The van der Waals surface area contributed by atoms with Crippen LogP contribution in [0.15, 0.2) is 23.0 Å². The number of H-pyrrole nitrogens is 1. The molecule has 1 aromatic heterocycles. The lowest BCUT2D eigenvalue weighted by Gasteiger charge is -2.02. The third-order valence-electron chi connectivity index (χ3n) is 1.72. The summed E-state index contributed by atoms with van der Waals surface area (Å²) in [4.78, 5) is 24.5. The van der Waals surface area contributed by atoms with E-state index in [0.717, 1.165) is 12.8 Å². The largest absolute Gasteiger partial charge is 0.461 e. The Morgan fingerprint density at radius 3 is 2.93 bits per heavy atom. The van der Waals surface area contributed by atoms with E-state index in [2.05, 4.69) is 4.98 Å². The van der Waals surface area contributed by atoms with E-state index in [4.69, 9.17) is 4.74 Å². The number of pyridine rings is 1. The van der Waals surface area contributed by atoms with Crippen LogP contribution >= 0.6 is 0 Å². The van der Waals surface area contributed by atoms with Gasteiger partial charge in [0, 0.05) is 6.07 Å². The third kappa shape index (κ3) is 3.05. The van der Waals surface area contributed by atoms with Crippen molar-refractivity contribution in [2.24, 2.45) is 0 Å². The van der Waals surface area contributed by atoms with Crippen LogP contribution in [0.5, 0.6) is 0 Å². The number of hydrogen-bond donors (Lipinski definition) is 1. The lowest BCUT2D eigenvalue weighted by Crippen LogP contribution is -2.14. The van der Waals surface area contributed by atoms with Crippen molar-refractivity contribution in [2.45, 2.75) is 19.8 Å². The Labute approximate surface area is 81.9 Å². The number of esters is 1. The Bertz CT molecular complexity index is 356. The molecule has 0 aliphatic carbocycles. The highest BCUT2D eigenvalue weighted by Crippen LogP contribution is 1.96. The molecule has 1 aromatic rings. The molecule has 0 saturated heterocycles. The Balaban J connectivity index is 2.56. The molecule has 0 fully saturated rings. The molecule has 0 aliphatic heterocycles. The molecule has 0 atom stereocenters. The molecule has 1 N–H and O–H groups in total.